The third-order valence-corrected chi connectivity index (χ3v) is 19.7. The highest BCUT2D eigenvalue weighted by Gasteiger charge is 2.30. The second-order valence-corrected chi connectivity index (χ2v) is 30.8. The van der Waals surface area contributed by atoms with Gasteiger partial charge in [0, 0.05) is 25.7 Å². The largest absolute Gasteiger partial charge is 0.472 e. The summed E-state index contributed by atoms with van der Waals surface area (Å²) >= 11 is 0. The average molecular weight is 1400 g/mol. The van der Waals surface area contributed by atoms with E-state index in [2.05, 4.69) is 34.6 Å². The van der Waals surface area contributed by atoms with Crippen molar-refractivity contribution in [1.29, 1.82) is 0 Å². The van der Waals surface area contributed by atoms with E-state index in [0.717, 1.165) is 95.8 Å². The molecule has 0 aromatic carbocycles. The van der Waals surface area contributed by atoms with Gasteiger partial charge in [-0.1, -0.05) is 349 Å². The lowest BCUT2D eigenvalue weighted by Crippen LogP contribution is -2.30. The summed E-state index contributed by atoms with van der Waals surface area (Å²) in [6.45, 7) is 7.28. The number of aliphatic hydroxyl groups is 1. The average Bonchev–Trinajstić information content (AvgIpc) is 2.19. The van der Waals surface area contributed by atoms with Crippen molar-refractivity contribution in [2.45, 2.75) is 419 Å². The van der Waals surface area contributed by atoms with Gasteiger partial charge < -0.3 is 33.8 Å². The molecule has 0 aromatic heterocycles. The number of phosphoric ester groups is 2. The smallest absolute Gasteiger partial charge is 0.462 e. The molecule has 0 radical (unpaired) electrons. The summed E-state index contributed by atoms with van der Waals surface area (Å²) in [7, 11) is -9.91. The van der Waals surface area contributed by atoms with Gasteiger partial charge in [0.15, 0.2) is 12.2 Å². The highest BCUT2D eigenvalue weighted by Crippen LogP contribution is 2.45. The van der Waals surface area contributed by atoms with Crippen LogP contribution in [0.2, 0.25) is 0 Å². The zero-order chi connectivity index (χ0) is 69.8. The fourth-order valence-electron chi connectivity index (χ4n) is 11.7. The highest BCUT2D eigenvalue weighted by molar-refractivity contribution is 7.47. The van der Waals surface area contributed by atoms with Crippen molar-refractivity contribution in [2.24, 2.45) is 5.92 Å². The molecule has 0 heterocycles. The molecule has 0 saturated heterocycles. The van der Waals surface area contributed by atoms with Crippen LogP contribution in [0, 0.1) is 5.92 Å². The molecule has 0 spiro atoms. The summed E-state index contributed by atoms with van der Waals surface area (Å²) in [6, 6.07) is 0. The maximum absolute atomic E-state index is 13.1. The molecule has 0 saturated carbocycles. The van der Waals surface area contributed by atoms with Crippen molar-refractivity contribution >= 4 is 39.5 Å². The minimum Gasteiger partial charge on any atom is -0.462 e. The second kappa shape index (κ2) is 69.2. The number of aliphatic hydroxyl groups excluding tert-OH is 1. The fourth-order valence-corrected chi connectivity index (χ4v) is 13.3. The van der Waals surface area contributed by atoms with Crippen molar-refractivity contribution in [3.8, 4) is 0 Å². The number of carbonyl (C=O) groups excluding carboxylic acids is 4. The van der Waals surface area contributed by atoms with E-state index in [9.17, 15) is 43.2 Å². The summed E-state index contributed by atoms with van der Waals surface area (Å²) in [5.41, 5.74) is 0. The van der Waals surface area contributed by atoms with Gasteiger partial charge in [-0.2, -0.15) is 0 Å². The van der Waals surface area contributed by atoms with E-state index in [1.807, 2.05) is 0 Å². The monoisotopic (exact) mass is 1400 g/mol. The molecule has 0 amide bonds. The van der Waals surface area contributed by atoms with Crippen LogP contribution < -0.4 is 0 Å². The molecule has 3 N–H and O–H groups in total. The molecule has 564 valence electrons. The van der Waals surface area contributed by atoms with Crippen molar-refractivity contribution in [3.05, 3.63) is 0 Å². The van der Waals surface area contributed by atoms with Gasteiger partial charge in [-0.05, 0) is 31.6 Å². The van der Waals surface area contributed by atoms with E-state index in [1.54, 1.807) is 0 Å². The van der Waals surface area contributed by atoms with Gasteiger partial charge in [0.1, 0.15) is 19.3 Å². The van der Waals surface area contributed by atoms with Crippen LogP contribution >= 0.6 is 15.6 Å². The van der Waals surface area contributed by atoms with Crippen LogP contribution in [0.3, 0.4) is 0 Å². The highest BCUT2D eigenvalue weighted by atomic mass is 31.2. The van der Waals surface area contributed by atoms with E-state index in [1.165, 1.54) is 225 Å². The van der Waals surface area contributed by atoms with Crippen LogP contribution in [0.15, 0.2) is 0 Å². The third-order valence-electron chi connectivity index (χ3n) is 17.8. The van der Waals surface area contributed by atoms with Crippen LogP contribution in [0.4, 0.5) is 0 Å². The molecular weight excluding hydrogens is 1250 g/mol. The molecule has 19 heteroatoms. The number of carbonyl (C=O) groups is 4. The lowest BCUT2D eigenvalue weighted by Gasteiger charge is -2.21. The van der Waals surface area contributed by atoms with Crippen molar-refractivity contribution in [1.82, 2.24) is 0 Å². The number of hydrogen-bond donors (Lipinski definition) is 3. The van der Waals surface area contributed by atoms with E-state index < -0.39 is 97.5 Å². The third kappa shape index (κ3) is 70.3. The number of esters is 4. The molecule has 0 bridgehead atoms. The quantitative estimate of drug-likeness (QED) is 0.0222. The summed E-state index contributed by atoms with van der Waals surface area (Å²) in [5, 5.41) is 10.6. The van der Waals surface area contributed by atoms with Gasteiger partial charge in [-0.15, -0.1) is 0 Å². The van der Waals surface area contributed by atoms with E-state index in [0.29, 0.717) is 25.7 Å². The number of unbranched alkanes of at least 4 members (excludes halogenated alkanes) is 48. The Morgan fingerprint density at radius 1 is 0.284 bits per heavy atom. The Morgan fingerprint density at radius 3 is 0.716 bits per heavy atom. The second-order valence-electron chi connectivity index (χ2n) is 27.9. The van der Waals surface area contributed by atoms with Gasteiger partial charge in [0.05, 0.1) is 26.4 Å². The van der Waals surface area contributed by atoms with Crippen LogP contribution in [0.5, 0.6) is 0 Å². The predicted octanol–water partition coefficient (Wildman–Crippen LogP) is 22.5. The molecule has 95 heavy (non-hydrogen) atoms. The first kappa shape index (κ1) is 93.1. The molecule has 0 rings (SSSR count). The van der Waals surface area contributed by atoms with Crippen LogP contribution in [-0.4, -0.2) is 96.7 Å². The Hall–Kier alpha value is -1.94. The van der Waals surface area contributed by atoms with Gasteiger partial charge >= 0.3 is 39.5 Å². The minimum absolute atomic E-state index is 0.108. The van der Waals surface area contributed by atoms with Crippen molar-refractivity contribution in [2.75, 3.05) is 39.6 Å². The Morgan fingerprint density at radius 2 is 0.484 bits per heavy atom. The van der Waals surface area contributed by atoms with Crippen molar-refractivity contribution < 1.29 is 80.2 Å². The molecule has 0 aliphatic heterocycles. The van der Waals surface area contributed by atoms with Crippen LogP contribution in [0.1, 0.15) is 401 Å². The van der Waals surface area contributed by atoms with Crippen LogP contribution in [0.25, 0.3) is 0 Å². The Balaban J connectivity index is 5.21. The van der Waals surface area contributed by atoms with Gasteiger partial charge in [0.25, 0.3) is 0 Å². The Labute approximate surface area is 581 Å². The fraction of sp³-hybridized carbons (Fsp3) is 0.947. The standard InChI is InChI=1S/C76H148O17P2/c1-6-9-12-15-18-21-24-26-27-28-29-30-31-32-33-35-42-47-52-57-62-76(81)93-72(66-87-74(79)60-55-50-45-40-37-36-38-43-48-53-58-69(4)5)68-91-95(84,85)89-64-70(77)63-88-94(82,83)90-67-71(65-86-73(78)59-54-49-44-39-23-20-17-14-11-8-3)92-75(80)61-56-51-46-41-34-25-22-19-16-13-10-7-2/h69-72,77H,6-68H2,1-5H3,(H,82,83)(H,84,85)/t70-,71+,72+/m0/s1. The number of hydrogen-bond acceptors (Lipinski definition) is 15. The van der Waals surface area contributed by atoms with Gasteiger partial charge in [-0.3, -0.25) is 37.3 Å². The topological polar surface area (TPSA) is 237 Å². The number of phosphoric acid groups is 2. The summed E-state index contributed by atoms with van der Waals surface area (Å²) in [6.07, 6.45) is 58.2. The first-order valence-electron chi connectivity index (χ1n) is 39.6. The molecular formula is C76H148O17P2. The summed E-state index contributed by atoms with van der Waals surface area (Å²) in [4.78, 5) is 72.8. The van der Waals surface area contributed by atoms with Crippen LogP contribution in [-0.2, 0) is 65.4 Å². The molecule has 0 fully saturated rings. The van der Waals surface area contributed by atoms with Gasteiger partial charge in [-0.25, -0.2) is 9.13 Å². The lowest BCUT2D eigenvalue weighted by atomic mass is 10.0. The maximum Gasteiger partial charge on any atom is 0.472 e. The Kier molecular flexibility index (Phi) is 67.7. The number of ether oxygens (including phenoxy) is 4. The normalized spacial score (nSPS) is 13.9. The number of rotatable bonds is 76. The predicted molar refractivity (Wildman–Crippen MR) is 386 cm³/mol. The summed E-state index contributed by atoms with van der Waals surface area (Å²) in [5.74, 6) is -1.35. The zero-order valence-electron chi connectivity index (χ0n) is 61.8. The van der Waals surface area contributed by atoms with Gasteiger partial charge in [0.2, 0.25) is 0 Å². The molecule has 0 aliphatic rings. The Bertz CT molecular complexity index is 1820. The lowest BCUT2D eigenvalue weighted by molar-refractivity contribution is -0.161. The SMILES string of the molecule is CCCCCCCCCCCCCCCCCCCCCCC(=O)O[C@H](COC(=O)CCCCCCCCCCCCC(C)C)COP(=O)(O)OC[C@@H](O)COP(=O)(O)OC[C@@H](COC(=O)CCCCCCCCCCCC)OC(=O)CCCCCCCCCCCCCC. The molecule has 2 unspecified atom stereocenters. The van der Waals surface area contributed by atoms with E-state index >= 15 is 0 Å². The van der Waals surface area contributed by atoms with E-state index in [4.69, 9.17) is 37.0 Å². The zero-order valence-corrected chi connectivity index (χ0v) is 63.6. The van der Waals surface area contributed by atoms with E-state index in [-0.39, 0.29) is 25.7 Å². The van der Waals surface area contributed by atoms with Crippen molar-refractivity contribution in [3.63, 3.8) is 0 Å². The molecule has 5 atom stereocenters. The molecule has 17 nitrogen and oxygen atoms in total. The first-order valence-corrected chi connectivity index (χ1v) is 42.6. The molecule has 0 aromatic rings. The minimum atomic E-state index is -4.96. The maximum atomic E-state index is 13.1. The first-order chi connectivity index (χ1) is 46.0. The molecule has 0 aliphatic carbocycles. The summed E-state index contributed by atoms with van der Waals surface area (Å²) < 4.78 is 68.5.